The Labute approximate surface area is 183 Å². The lowest BCUT2D eigenvalue weighted by Crippen LogP contribution is -2.23. The molecular formula is C26H42O4. The Balaban J connectivity index is 2.88. The van der Waals surface area contributed by atoms with Crippen molar-refractivity contribution in [3.63, 3.8) is 0 Å². The zero-order chi connectivity index (χ0) is 22.8. The van der Waals surface area contributed by atoms with Crippen LogP contribution in [0.15, 0.2) is 24.3 Å². The molecular weight excluding hydrogens is 376 g/mol. The van der Waals surface area contributed by atoms with Gasteiger partial charge in [-0.1, -0.05) is 61.5 Å². The number of hydrogen-bond donors (Lipinski definition) is 0. The summed E-state index contributed by atoms with van der Waals surface area (Å²) in [7, 11) is 0. The molecule has 0 aliphatic rings. The molecule has 0 atom stereocenters. The van der Waals surface area contributed by atoms with E-state index < -0.39 is 0 Å². The van der Waals surface area contributed by atoms with Crippen LogP contribution in [0.5, 0.6) is 0 Å². The van der Waals surface area contributed by atoms with Gasteiger partial charge in [0.2, 0.25) is 0 Å². The van der Waals surface area contributed by atoms with Crippen LogP contribution in [0.25, 0.3) is 0 Å². The Morgan fingerprint density at radius 2 is 0.933 bits per heavy atom. The van der Waals surface area contributed by atoms with E-state index >= 15 is 0 Å². The predicted octanol–water partition coefficient (Wildman–Crippen LogP) is 6.92. The molecule has 0 saturated carbocycles. The van der Waals surface area contributed by atoms with E-state index in [9.17, 15) is 9.59 Å². The molecule has 0 heterocycles. The summed E-state index contributed by atoms with van der Waals surface area (Å²) in [5.74, 6) is 1.03. The number of rotatable bonds is 12. The third kappa shape index (κ3) is 10.3. The van der Waals surface area contributed by atoms with Crippen molar-refractivity contribution in [2.24, 2.45) is 23.7 Å². The fourth-order valence-corrected chi connectivity index (χ4v) is 3.70. The smallest absolute Gasteiger partial charge is 0.338 e. The molecule has 4 heteroatoms. The Kier molecular flexibility index (Phi) is 11.1. The summed E-state index contributed by atoms with van der Waals surface area (Å²) in [6.45, 7) is 17.0. The lowest BCUT2D eigenvalue weighted by molar-refractivity contribution is 0.0200. The van der Waals surface area contributed by atoms with Crippen LogP contribution in [-0.2, 0) is 9.47 Å². The van der Waals surface area contributed by atoms with Crippen molar-refractivity contribution in [2.75, 3.05) is 0 Å². The van der Waals surface area contributed by atoms with Gasteiger partial charge < -0.3 is 9.47 Å². The van der Waals surface area contributed by atoms with Crippen LogP contribution in [-0.4, -0.2) is 24.1 Å². The Morgan fingerprint density at radius 3 is 1.20 bits per heavy atom. The molecule has 1 rings (SSSR count). The SMILES string of the molecule is CC(C)CC(CC(C)C)OC(=O)c1cccc(C(=O)OC(CC(C)C)CC(C)C)c1. The zero-order valence-corrected chi connectivity index (χ0v) is 20.2. The molecule has 30 heavy (non-hydrogen) atoms. The second kappa shape index (κ2) is 12.8. The van der Waals surface area contributed by atoms with Crippen LogP contribution in [0.4, 0.5) is 0 Å². The first-order valence-corrected chi connectivity index (χ1v) is 11.5. The topological polar surface area (TPSA) is 52.6 Å². The molecule has 0 spiro atoms. The van der Waals surface area contributed by atoms with Gasteiger partial charge in [0, 0.05) is 0 Å². The fourth-order valence-electron chi connectivity index (χ4n) is 3.70. The van der Waals surface area contributed by atoms with Crippen molar-refractivity contribution in [3.05, 3.63) is 35.4 Å². The number of esters is 2. The highest BCUT2D eigenvalue weighted by Crippen LogP contribution is 2.21. The summed E-state index contributed by atoms with van der Waals surface area (Å²) in [6, 6.07) is 6.70. The normalized spacial score (nSPS) is 11.9. The number of carbonyl (C=O) groups is 2. The minimum atomic E-state index is -0.378. The van der Waals surface area contributed by atoms with Crippen LogP contribution in [0.1, 0.15) is 102 Å². The van der Waals surface area contributed by atoms with Crippen LogP contribution in [0.2, 0.25) is 0 Å². The molecule has 0 N–H and O–H groups in total. The molecule has 0 fully saturated rings. The zero-order valence-electron chi connectivity index (χ0n) is 20.2. The van der Waals surface area contributed by atoms with E-state index in [0.29, 0.717) is 34.8 Å². The maximum Gasteiger partial charge on any atom is 0.338 e. The molecule has 0 aromatic heterocycles. The second-order valence-corrected chi connectivity index (χ2v) is 10.2. The molecule has 0 aliphatic carbocycles. The van der Waals surface area contributed by atoms with Gasteiger partial charge in [-0.15, -0.1) is 0 Å². The average molecular weight is 419 g/mol. The highest BCUT2D eigenvalue weighted by molar-refractivity contribution is 5.95. The van der Waals surface area contributed by atoms with E-state index in [1.54, 1.807) is 24.3 Å². The minimum absolute atomic E-state index is 0.116. The Hall–Kier alpha value is -1.84. The van der Waals surface area contributed by atoms with Gasteiger partial charge in [-0.2, -0.15) is 0 Å². The molecule has 0 amide bonds. The molecule has 0 bridgehead atoms. The minimum Gasteiger partial charge on any atom is -0.459 e. The van der Waals surface area contributed by atoms with Gasteiger partial charge >= 0.3 is 11.9 Å². The summed E-state index contributed by atoms with van der Waals surface area (Å²) >= 11 is 0. The van der Waals surface area contributed by atoms with Gasteiger partial charge in [-0.25, -0.2) is 9.59 Å². The number of carbonyl (C=O) groups excluding carboxylic acids is 2. The maximum atomic E-state index is 12.7. The average Bonchev–Trinajstić information content (AvgIpc) is 2.59. The molecule has 0 aliphatic heterocycles. The Bertz CT molecular complexity index is 588. The largest absolute Gasteiger partial charge is 0.459 e. The lowest BCUT2D eigenvalue weighted by atomic mass is 9.97. The lowest BCUT2D eigenvalue weighted by Gasteiger charge is -2.22. The quantitative estimate of drug-likeness (QED) is 0.346. The van der Waals surface area contributed by atoms with Gasteiger partial charge in [-0.3, -0.25) is 0 Å². The maximum absolute atomic E-state index is 12.7. The van der Waals surface area contributed by atoms with Crippen molar-refractivity contribution in [3.8, 4) is 0 Å². The van der Waals surface area contributed by atoms with E-state index in [0.717, 1.165) is 25.7 Å². The number of hydrogen-bond acceptors (Lipinski definition) is 4. The second-order valence-electron chi connectivity index (χ2n) is 10.2. The Morgan fingerprint density at radius 1 is 0.633 bits per heavy atom. The molecule has 0 radical (unpaired) electrons. The van der Waals surface area contributed by atoms with Gasteiger partial charge in [-0.05, 0) is 67.6 Å². The van der Waals surface area contributed by atoms with Crippen molar-refractivity contribution in [1.82, 2.24) is 0 Å². The molecule has 1 aromatic rings. The summed E-state index contributed by atoms with van der Waals surface area (Å²) in [5.41, 5.74) is 0.789. The molecule has 0 saturated heterocycles. The van der Waals surface area contributed by atoms with Crippen LogP contribution >= 0.6 is 0 Å². The molecule has 1 aromatic carbocycles. The third-order valence-corrected chi connectivity index (χ3v) is 4.82. The van der Waals surface area contributed by atoms with Crippen LogP contribution in [0.3, 0.4) is 0 Å². The van der Waals surface area contributed by atoms with Gasteiger partial charge in [0.1, 0.15) is 12.2 Å². The standard InChI is InChI=1S/C26H42O4/c1-17(2)12-23(13-18(3)4)29-25(27)21-10-9-11-22(16-21)26(28)30-24(14-19(5)6)15-20(7)8/h9-11,16-20,23-24H,12-15H2,1-8H3. The van der Waals surface area contributed by atoms with E-state index in [1.165, 1.54) is 0 Å². The highest BCUT2D eigenvalue weighted by atomic mass is 16.5. The number of ether oxygens (including phenoxy) is 2. The van der Waals surface area contributed by atoms with Gasteiger partial charge in [0.25, 0.3) is 0 Å². The van der Waals surface area contributed by atoms with E-state index in [4.69, 9.17) is 9.47 Å². The van der Waals surface area contributed by atoms with Crippen molar-refractivity contribution in [1.29, 1.82) is 0 Å². The first kappa shape index (κ1) is 26.2. The fraction of sp³-hybridized carbons (Fsp3) is 0.692. The van der Waals surface area contributed by atoms with Gasteiger partial charge in [0.15, 0.2) is 0 Å². The molecule has 0 unspecified atom stereocenters. The van der Waals surface area contributed by atoms with Crippen molar-refractivity contribution >= 4 is 11.9 Å². The summed E-state index contributed by atoms with van der Waals surface area (Å²) in [6.07, 6.45) is 3.09. The van der Waals surface area contributed by atoms with Crippen LogP contribution in [0, 0.1) is 23.7 Å². The van der Waals surface area contributed by atoms with E-state index in [1.807, 2.05) is 0 Å². The first-order chi connectivity index (χ1) is 14.0. The van der Waals surface area contributed by atoms with Crippen molar-refractivity contribution in [2.45, 2.75) is 93.3 Å². The molecule has 4 nitrogen and oxygen atoms in total. The summed E-state index contributed by atoms with van der Waals surface area (Å²) < 4.78 is 11.6. The highest BCUT2D eigenvalue weighted by Gasteiger charge is 2.22. The summed E-state index contributed by atoms with van der Waals surface area (Å²) in [5, 5.41) is 0. The van der Waals surface area contributed by atoms with Gasteiger partial charge in [0.05, 0.1) is 11.1 Å². The third-order valence-electron chi connectivity index (χ3n) is 4.82. The predicted molar refractivity (Wildman–Crippen MR) is 123 cm³/mol. The first-order valence-electron chi connectivity index (χ1n) is 11.5. The van der Waals surface area contributed by atoms with Crippen molar-refractivity contribution < 1.29 is 19.1 Å². The van der Waals surface area contributed by atoms with E-state index in [-0.39, 0.29) is 24.1 Å². The molecule has 170 valence electrons. The van der Waals surface area contributed by atoms with E-state index in [2.05, 4.69) is 55.4 Å². The van der Waals surface area contributed by atoms with Crippen LogP contribution < -0.4 is 0 Å². The number of benzene rings is 1. The summed E-state index contributed by atoms with van der Waals surface area (Å²) in [4.78, 5) is 25.5. The monoisotopic (exact) mass is 418 g/mol.